The number of carbonyl (C=O) groups is 1. The van der Waals surface area contributed by atoms with Gasteiger partial charge in [0, 0.05) is 18.7 Å². The van der Waals surface area contributed by atoms with Gasteiger partial charge in [0.25, 0.3) is 15.9 Å². The average Bonchev–Trinajstić information content (AvgIpc) is 2.56. The van der Waals surface area contributed by atoms with Gasteiger partial charge in [-0.2, -0.15) is 0 Å². The van der Waals surface area contributed by atoms with Gasteiger partial charge >= 0.3 is 0 Å². The molecule has 0 aliphatic heterocycles. The van der Waals surface area contributed by atoms with E-state index in [0.717, 1.165) is 18.2 Å². The second kappa shape index (κ2) is 7.04. The molecule has 24 heavy (non-hydrogen) atoms. The molecule has 1 amide bonds. The van der Waals surface area contributed by atoms with E-state index in [2.05, 4.69) is 10.2 Å². The Morgan fingerprint density at radius 2 is 1.88 bits per heavy atom. The van der Waals surface area contributed by atoms with Crippen LogP contribution in [0.15, 0.2) is 47.4 Å². The minimum absolute atomic E-state index is 0.00990. The van der Waals surface area contributed by atoms with E-state index in [0.29, 0.717) is 10.5 Å². The molecule has 2 aromatic rings. The molecule has 0 saturated heterocycles. The summed E-state index contributed by atoms with van der Waals surface area (Å²) in [7, 11) is -1.53. The molecule has 0 heterocycles. The van der Waals surface area contributed by atoms with Crippen LogP contribution in [0.4, 0.5) is 14.5 Å². The first kappa shape index (κ1) is 18.0. The van der Waals surface area contributed by atoms with Crippen LogP contribution in [-0.4, -0.2) is 33.0 Å². The van der Waals surface area contributed by atoms with E-state index in [1.165, 1.54) is 32.4 Å². The minimum atomic E-state index is -3.92. The number of amides is 1. The molecule has 6 nitrogen and oxygen atoms in total. The predicted molar refractivity (Wildman–Crippen MR) is 82.7 cm³/mol. The average molecular weight is 356 g/mol. The number of hydrogen-bond acceptors (Lipinski definition) is 4. The van der Waals surface area contributed by atoms with Gasteiger partial charge in [-0.1, -0.05) is 10.5 Å². The zero-order valence-corrected chi connectivity index (χ0v) is 13.6. The van der Waals surface area contributed by atoms with Gasteiger partial charge in [-0.15, -0.1) is 0 Å². The highest BCUT2D eigenvalue weighted by Crippen LogP contribution is 2.19. The zero-order chi connectivity index (χ0) is 17.9. The standard InChI is InChI=1S/C15H14F2N2O4S/c1-19(23-2)24(21,22)12-5-3-4-10(8-12)15(20)18-14-7-6-11(16)9-13(14)17/h3-9H,1-2H3,(H,18,20). The molecule has 0 bridgehead atoms. The van der Waals surface area contributed by atoms with Gasteiger partial charge in [0.2, 0.25) is 0 Å². The fraction of sp³-hybridized carbons (Fsp3) is 0.133. The number of anilines is 1. The summed E-state index contributed by atoms with van der Waals surface area (Å²) < 4.78 is 51.4. The van der Waals surface area contributed by atoms with Crippen molar-refractivity contribution in [1.82, 2.24) is 4.47 Å². The highest BCUT2D eigenvalue weighted by molar-refractivity contribution is 7.89. The number of rotatable bonds is 5. The smallest absolute Gasteiger partial charge is 0.264 e. The number of hydroxylamine groups is 1. The van der Waals surface area contributed by atoms with Crippen molar-refractivity contribution in [1.29, 1.82) is 0 Å². The SMILES string of the molecule is CON(C)S(=O)(=O)c1cccc(C(=O)Nc2ccc(F)cc2F)c1. The molecular formula is C15H14F2N2O4S. The number of nitrogens with one attached hydrogen (secondary N) is 1. The fourth-order valence-electron chi connectivity index (χ4n) is 1.83. The van der Waals surface area contributed by atoms with E-state index in [9.17, 15) is 22.0 Å². The lowest BCUT2D eigenvalue weighted by Crippen LogP contribution is -2.26. The highest BCUT2D eigenvalue weighted by Gasteiger charge is 2.22. The largest absolute Gasteiger partial charge is 0.319 e. The topological polar surface area (TPSA) is 75.7 Å². The van der Waals surface area contributed by atoms with Crippen LogP contribution in [0.25, 0.3) is 0 Å². The summed E-state index contributed by atoms with van der Waals surface area (Å²) in [5, 5.41) is 2.26. The maximum Gasteiger partial charge on any atom is 0.264 e. The van der Waals surface area contributed by atoms with Crippen molar-refractivity contribution in [3.8, 4) is 0 Å². The Hall–Kier alpha value is -2.36. The molecule has 0 saturated carbocycles. The second-order valence-corrected chi connectivity index (χ2v) is 6.64. The fourth-order valence-corrected chi connectivity index (χ4v) is 2.85. The van der Waals surface area contributed by atoms with Gasteiger partial charge in [-0.25, -0.2) is 17.2 Å². The third-order valence-electron chi connectivity index (χ3n) is 3.17. The summed E-state index contributed by atoms with van der Waals surface area (Å²) in [6.45, 7) is 0. The lowest BCUT2D eigenvalue weighted by atomic mass is 10.2. The van der Waals surface area contributed by atoms with E-state index in [1.54, 1.807) is 0 Å². The van der Waals surface area contributed by atoms with Gasteiger partial charge in [0.15, 0.2) is 0 Å². The third-order valence-corrected chi connectivity index (χ3v) is 4.84. The van der Waals surface area contributed by atoms with Crippen molar-refractivity contribution < 1.29 is 26.8 Å². The van der Waals surface area contributed by atoms with Crippen LogP contribution in [0, 0.1) is 11.6 Å². The van der Waals surface area contributed by atoms with Crippen molar-refractivity contribution in [2.45, 2.75) is 4.90 Å². The molecule has 0 atom stereocenters. The third kappa shape index (κ3) is 3.75. The quantitative estimate of drug-likeness (QED) is 0.835. The van der Waals surface area contributed by atoms with E-state index >= 15 is 0 Å². The first-order chi connectivity index (χ1) is 11.3. The van der Waals surface area contributed by atoms with Gasteiger partial charge in [0.05, 0.1) is 17.7 Å². The Balaban J connectivity index is 2.30. The van der Waals surface area contributed by atoms with Crippen LogP contribution in [-0.2, 0) is 14.9 Å². The Kier molecular flexibility index (Phi) is 5.27. The van der Waals surface area contributed by atoms with E-state index in [-0.39, 0.29) is 16.1 Å². The highest BCUT2D eigenvalue weighted by atomic mass is 32.2. The van der Waals surface area contributed by atoms with Gasteiger partial charge < -0.3 is 5.32 Å². The van der Waals surface area contributed by atoms with E-state index < -0.39 is 27.6 Å². The normalized spacial score (nSPS) is 11.5. The Morgan fingerprint density at radius 3 is 2.50 bits per heavy atom. The second-order valence-electron chi connectivity index (χ2n) is 4.70. The van der Waals surface area contributed by atoms with Crippen molar-refractivity contribution in [3.63, 3.8) is 0 Å². The van der Waals surface area contributed by atoms with Gasteiger partial charge in [-0.3, -0.25) is 9.63 Å². The van der Waals surface area contributed by atoms with Crippen molar-refractivity contribution >= 4 is 21.6 Å². The monoisotopic (exact) mass is 356 g/mol. The van der Waals surface area contributed by atoms with Crippen LogP contribution >= 0.6 is 0 Å². The van der Waals surface area contributed by atoms with Crippen molar-refractivity contribution in [2.24, 2.45) is 0 Å². The Morgan fingerprint density at radius 1 is 1.17 bits per heavy atom. The summed E-state index contributed by atoms with van der Waals surface area (Å²) in [4.78, 5) is 16.6. The lowest BCUT2D eigenvalue weighted by molar-refractivity contribution is -0.0258. The number of halogens is 2. The molecule has 0 fully saturated rings. The Labute approximate surface area is 137 Å². The summed E-state index contributed by atoms with van der Waals surface area (Å²) >= 11 is 0. The van der Waals surface area contributed by atoms with Crippen LogP contribution < -0.4 is 5.32 Å². The predicted octanol–water partition coefficient (Wildman–Crippen LogP) is 2.40. The summed E-state index contributed by atoms with van der Waals surface area (Å²) in [6, 6.07) is 7.84. The van der Waals surface area contributed by atoms with E-state index in [4.69, 9.17) is 0 Å². The van der Waals surface area contributed by atoms with Crippen LogP contribution in [0.3, 0.4) is 0 Å². The molecule has 128 valence electrons. The van der Waals surface area contributed by atoms with Crippen LogP contribution in [0.5, 0.6) is 0 Å². The van der Waals surface area contributed by atoms with Crippen molar-refractivity contribution in [2.75, 3.05) is 19.5 Å². The molecular weight excluding hydrogens is 342 g/mol. The van der Waals surface area contributed by atoms with Crippen LogP contribution in [0.2, 0.25) is 0 Å². The molecule has 0 spiro atoms. The van der Waals surface area contributed by atoms with E-state index in [1.807, 2.05) is 0 Å². The molecule has 2 aromatic carbocycles. The first-order valence-corrected chi connectivity index (χ1v) is 8.09. The maximum absolute atomic E-state index is 13.6. The molecule has 0 radical (unpaired) electrons. The number of benzene rings is 2. The van der Waals surface area contributed by atoms with Crippen LogP contribution in [0.1, 0.15) is 10.4 Å². The van der Waals surface area contributed by atoms with Crippen molar-refractivity contribution in [3.05, 3.63) is 59.7 Å². The summed E-state index contributed by atoms with van der Waals surface area (Å²) in [5.41, 5.74) is -0.229. The molecule has 0 aromatic heterocycles. The molecule has 9 heteroatoms. The molecule has 0 aliphatic carbocycles. The zero-order valence-electron chi connectivity index (χ0n) is 12.8. The number of sulfonamides is 1. The molecule has 0 unspecified atom stereocenters. The summed E-state index contributed by atoms with van der Waals surface area (Å²) in [5.74, 6) is -2.45. The number of carbonyl (C=O) groups excluding carboxylic acids is 1. The van der Waals surface area contributed by atoms with Gasteiger partial charge in [0.1, 0.15) is 11.6 Å². The summed E-state index contributed by atoms with van der Waals surface area (Å²) in [6.07, 6.45) is 0. The molecule has 0 aliphatic rings. The molecule has 2 rings (SSSR count). The maximum atomic E-state index is 13.6. The Bertz CT molecular complexity index is 872. The van der Waals surface area contributed by atoms with Gasteiger partial charge in [-0.05, 0) is 30.3 Å². The molecule has 1 N–H and O–H groups in total. The minimum Gasteiger partial charge on any atom is -0.319 e. The first-order valence-electron chi connectivity index (χ1n) is 6.65. The number of nitrogens with zero attached hydrogens (tertiary/aromatic N) is 1. The lowest BCUT2D eigenvalue weighted by Gasteiger charge is -2.14. The number of hydrogen-bond donors (Lipinski definition) is 1.